The summed E-state index contributed by atoms with van der Waals surface area (Å²) in [5.74, 6) is -0.0617. The molecule has 1 unspecified atom stereocenters. The fraction of sp³-hybridized carbons (Fsp3) is 0.312. The lowest BCUT2D eigenvalue weighted by molar-refractivity contribution is 0.102. The number of carbonyl (C=O) groups excluding carboxylic acids is 1. The van der Waals surface area contributed by atoms with Crippen molar-refractivity contribution in [2.24, 2.45) is 0 Å². The van der Waals surface area contributed by atoms with Crippen molar-refractivity contribution in [3.63, 3.8) is 0 Å². The van der Waals surface area contributed by atoms with Gasteiger partial charge < -0.3 is 0 Å². The van der Waals surface area contributed by atoms with Crippen LogP contribution in [0.3, 0.4) is 0 Å². The lowest BCUT2D eigenvalue weighted by Gasteiger charge is -2.15. The van der Waals surface area contributed by atoms with Crippen LogP contribution in [-0.2, 0) is 16.5 Å². The van der Waals surface area contributed by atoms with E-state index in [4.69, 9.17) is 0 Å². The van der Waals surface area contributed by atoms with Crippen molar-refractivity contribution in [2.75, 3.05) is 0 Å². The molecular formula is C16H18O4S2. The lowest BCUT2D eigenvalue weighted by Crippen LogP contribution is -2.07. The number of rotatable bonds is 5. The number of Topliss-reactive ketones (excluding diaryl/α,β-unsaturated/α-hetero) is 1. The summed E-state index contributed by atoms with van der Waals surface area (Å²) in [6.45, 7) is 5.32. The van der Waals surface area contributed by atoms with Gasteiger partial charge >= 0.3 is 0 Å². The molecule has 0 amide bonds. The number of carbonyl (C=O) groups is 1. The Morgan fingerprint density at radius 2 is 1.95 bits per heavy atom. The third-order valence-corrected chi connectivity index (χ3v) is 5.63. The van der Waals surface area contributed by atoms with Crippen molar-refractivity contribution >= 4 is 27.2 Å². The second-order valence-electron chi connectivity index (χ2n) is 5.44. The monoisotopic (exact) mass is 338 g/mol. The largest absolute Gasteiger partial charge is 0.294 e. The molecule has 22 heavy (non-hydrogen) atoms. The van der Waals surface area contributed by atoms with Gasteiger partial charge in [-0.05, 0) is 49.9 Å². The van der Waals surface area contributed by atoms with E-state index in [0.29, 0.717) is 16.9 Å². The van der Waals surface area contributed by atoms with Crippen LogP contribution in [0.2, 0.25) is 0 Å². The van der Waals surface area contributed by atoms with Crippen molar-refractivity contribution in [1.29, 1.82) is 0 Å². The summed E-state index contributed by atoms with van der Waals surface area (Å²) in [5, 5.41) is 0. The number of hydrogen-bond acceptors (Lipinski definition) is 4. The van der Waals surface area contributed by atoms with Gasteiger partial charge in [-0.1, -0.05) is 24.6 Å². The first-order valence-corrected chi connectivity index (χ1v) is 9.12. The minimum Gasteiger partial charge on any atom is -0.294 e. The van der Waals surface area contributed by atoms with Crippen molar-refractivity contribution in [2.45, 2.75) is 38.0 Å². The Balaban J connectivity index is 2.34. The van der Waals surface area contributed by atoms with Gasteiger partial charge in [-0.2, -0.15) is 8.42 Å². The number of ketones is 1. The Hall–Kier alpha value is -1.50. The Labute approximate surface area is 134 Å². The molecule has 0 bridgehead atoms. The van der Waals surface area contributed by atoms with Crippen molar-refractivity contribution < 1.29 is 17.8 Å². The molecule has 1 aromatic carbocycles. The van der Waals surface area contributed by atoms with Crippen LogP contribution in [0.5, 0.6) is 0 Å². The standard InChI is InChI=1S/C16H18O4S2/c1-10-4-7-16(22(18,19)20)14(8-10)11(2)9-13-5-6-15(21-13)12(3)17/h4-8,11H,9H2,1-3H3,(H,18,19,20). The van der Waals surface area contributed by atoms with Crippen molar-refractivity contribution in [3.8, 4) is 0 Å². The zero-order chi connectivity index (χ0) is 16.5. The van der Waals surface area contributed by atoms with Crippen molar-refractivity contribution in [3.05, 3.63) is 51.2 Å². The maximum atomic E-state index is 11.5. The molecule has 6 heteroatoms. The van der Waals surface area contributed by atoms with Crippen LogP contribution < -0.4 is 0 Å². The van der Waals surface area contributed by atoms with Gasteiger partial charge in [0.15, 0.2) is 5.78 Å². The highest BCUT2D eigenvalue weighted by atomic mass is 32.2. The lowest BCUT2D eigenvalue weighted by atomic mass is 9.95. The second kappa shape index (κ2) is 6.32. The number of hydrogen-bond donors (Lipinski definition) is 1. The number of benzene rings is 1. The number of thiophene rings is 1. The Kier molecular flexibility index (Phi) is 4.84. The topological polar surface area (TPSA) is 71.4 Å². The van der Waals surface area contributed by atoms with Gasteiger partial charge in [-0.3, -0.25) is 9.35 Å². The molecular weight excluding hydrogens is 320 g/mol. The molecule has 0 saturated heterocycles. The fourth-order valence-corrected chi connectivity index (χ4v) is 4.21. The van der Waals surface area contributed by atoms with Crippen LogP contribution in [0.25, 0.3) is 0 Å². The smallest absolute Gasteiger partial charge is 0.294 e. The van der Waals surface area contributed by atoms with Crippen molar-refractivity contribution in [1.82, 2.24) is 0 Å². The van der Waals surface area contributed by atoms with Gasteiger partial charge in [0.05, 0.1) is 9.77 Å². The molecule has 0 spiro atoms. The normalized spacial score (nSPS) is 13.1. The molecule has 1 heterocycles. The molecule has 2 rings (SSSR count). The van der Waals surface area contributed by atoms with E-state index in [2.05, 4.69) is 0 Å². The summed E-state index contributed by atoms with van der Waals surface area (Å²) in [5.41, 5.74) is 1.53. The molecule has 0 aliphatic heterocycles. The van der Waals surface area contributed by atoms with Crippen LogP contribution in [0.1, 0.15) is 45.4 Å². The quantitative estimate of drug-likeness (QED) is 0.664. The highest BCUT2D eigenvalue weighted by Gasteiger charge is 2.20. The SMILES string of the molecule is CC(=O)c1ccc(CC(C)c2cc(C)ccc2S(=O)(=O)O)s1. The fourth-order valence-electron chi connectivity index (χ4n) is 2.38. The van der Waals surface area contributed by atoms with Gasteiger partial charge in [0.1, 0.15) is 0 Å². The van der Waals surface area contributed by atoms with E-state index < -0.39 is 10.1 Å². The Morgan fingerprint density at radius 3 is 2.50 bits per heavy atom. The number of aryl methyl sites for hydroxylation is 1. The summed E-state index contributed by atoms with van der Waals surface area (Å²) in [6, 6.07) is 8.56. The molecule has 0 aliphatic carbocycles. The zero-order valence-corrected chi connectivity index (χ0v) is 14.3. The highest BCUT2D eigenvalue weighted by molar-refractivity contribution is 7.85. The molecule has 1 atom stereocenters. The predicted octanol–water partition coefficient (Wildman–Crippen LogP) is 3.85. The Morgan fingerprint density at radius 1 is 1.27 bits per heavy atom. The summed E-state index contributed by atoms with van der Waals surface area (Å²) < 4.78 is 32.4. The highest BCUT2D eigenvalue weighted by Crippen LogP contribution is 2.30. The van der Waals surface area contributed by atoms with Gasteiger partial charge in [-0.15, -0.1) is 11.3 Å². The average molecular weight is 338 g/mol. The molecule has 0 fully saturated rings. The Bertz CT molecular complexity index is 803. The van der Waals surface area contributed by atoms with E-state index in [0.717, 1.165) is 10.4 Å². The molecule has 0 radical (unpaired) electrons. The van der Waals surface area contributed by atoms with Gasteiger partial charge in [-0.25, -0.2) is 0 Å². The van der Waals surface area contributed by atoms with E-state index in [9.17, 15) is 17.8 Å². The van der Waals surface area contributed by atoms with E-state index in [1.165, 1.54) is 24.3 Å². The zero-order valence-electron chi connectivity index (χ0n) is 12.7. The minimum absolute atomic E-state index is 0.0260. The molecule has 1 aromatic heterocycles. The van der Waals surface area contributed by atoms with Crippen LogP contribution in [0.4, 0.5) is 0 Å². The van der Waals surface area contributed by atoms with Crippen LogP contribution in [0.15, 0.2) is 35.2 Å². The van der Waals surface area contributed by atoms with Gasteiger partial charge in [0, 0.05) is 4.88 Å². The molecule has 118 valence electrons. The van der Waals surface area contributed by atoms with Gasteiger partial charge in [0.25, 0.3) is 10.1 Å². The third kappa shape index (κ3) is 3.82. The van der Waals surface area contributed by atoms with Gasteiger partial charge in [0.2, 0.25) is 0 Å². The van der Waals surface area contributed by atoms with E-state index in [1.807, 2.05) is 19.9 Å². The second-order valence-corrected chi connectivity index (χ2v) is 8.00. The molecule has 2 aromatic rings. The summed E-state index contributed by atoms with van der Waals surface area (Å²) >= 11 is 1.42. The summed E-state index contributed by atoms with van der Waals surface area (Å²) in [6.07, 6.45) is 0.615. The molecule has 1 N–H and O–H groups in total. The first-order chi connectivity index (χ1) is 10.2. The molecule has 4 nitrogen and oxygen atoms in total. The predicted molar refractivity (Wildman–Crippen MR) is 87.4 cm³/mol. The van der Waals surface area contributed by atoms with E-state index in [-0.39, 0.29) is 16.6 Å². The average Bonchev–Trinajstić information content (AvgIpc) is 2.85. The molecule has 0 saturated carbocycles. The van der Waals surface area contributed by atoms with Crippen LogP contribution in [0, 0.1) is 6.92 Å². The van der Waals surface area contributed by atoms with E-state index in [1.54, 1.807) is 18.2 Å². The summed E-state index contributed by atoms with van der Waals surface area (Å²) in [4.78, 5) is 13.0. The third-order valence-electron chi connectivity index (χ3n) is 3.49. The van der Waals surface area contributed by atoms with Crippen LogP contribution in [-0.4, -0.2) is 18.8 Å². The van der Waals surface area contributed by atoms with E-state index >= 15 is 0 Å². The maximum absolute atomic E-state index is 11.5. The summed E-state index contributed by atoms with van der Waals surface area (Å²) in [7, 11) is -4.25. The van der Waals surface area contributed by atoms with Crippen LogP contribution >= 0.6 is 11.3 Å². The molecule has 0 aliphatic rings. The minimum atomic E-state index is -4.25. The maximum Gasteiger partial charge on any atom is 0.294 e. The first kappa shape index (κ1) is 16.9. The first-order valence-electron chi connectivity index (χ1n) is 6.86.